The van der Waals surface area contributed by atoms with Gasteiger partial charge in [0.15, 0.2) is 0 Å². The lowest BCUT2D eigenvalue weighted by atomic mass is 9.44. The highest BCUT2D eigenvalue weighted by molar-refractivity contribution is 5.35. The van der Waals surface area contributed by atoms with E-state index in [0.29, 0.717) is 16.7 Å². The molecule has 0 heterocycles. The lowest BCUT2D eigenvalue weighted by Crippen LogP contribution is -2.55. The van der Waals surface area contributed by atoms with Gasteiger partial charge in [-0.2, -0.15) is 0 Å². The summed E-state index contributed by atoms with van der Waals surface area (Å²) in [5.41, 5.74) is 4.80. The third-order valence-electron chi connectivity index (χ3n) is 11.1. The molecular formula is C29H50O. The molecule has 3 saturated carbocycles. The van der Waals surface area contributed by atoms with Crippen molar-refractivity contribution in [3.8, 4) is 0 Å². The highest BCUT2D eigenvalue weighted by atomic mass is 16.3. The van der Waals surface area contributed by atoms with E-state index in [0.717, 1.165) is 30.1 Å². The number of aliphatic hydroxyl groups excluding tert-OH is 1. The zero-order chi connectivity index (χ0) is 21.9. The normalized spacial score (nSPS) is 43.9. The minimum Gasteiger partial charge on any atom is -0.393 e. The second-order valence-corrected chi connectivity index (χ2v) is 13.4. The Morgan fingerprint density at radius 3 is 2.33 bits per heavy atom. The van der Waals surface area contributed by atoms with Crippen molar-refractivity contribution < 1.29 is 5.11 Å². The predicted octanol–water partition coefficient (Wildman–Crippen LogP) is 8.17. The van der Waals surface area contributed by atoms with Crippen LogP contribution in [0.4, 0.5) is 0 Å². The third-order valence-corrected chi connectivity index (χ3v) is 11.1. The largest absolute Gasteiger partial charge is 0.393 e. The van der Waals surface area contributed by atoms with E-state index in [1.54, 1.807) is 0 Å². The Balaban J connectivity index is 1.57. The van der Waals surface area contributed by atoms with Gasteiger partial charge in [0.05, 0.1) is 6.10 Å². The topological polar surface area (TPSA) is 20.2 Å². The smallest absolute Gasteiger partial charge is 0.0594 e. The van der Waals surface area contributed by atoms with Crippen molar-refractivity contribution in [1.82, 2.24) is 0 Å². The molecule has 1 N–H and O–H groups in total. The van der Waals surface area contributed by atoms with Crippen LogP contribution >= 0.6 is 0 Å². The molecule has 3 fully saturated rings. The first-order valence-electron chi connectivity index (χ1n) is 13.4. The summed E-state index contributed by atoms with van der Waals surface area (Å²) in [5.74, 6) is 4.10. The van der Waals surface area contributed by atoms with Gasteiger partial charge >= 0.3 is 0 Å². The summed E-state index contributed by atoms with van der Waals surface area (Å²) in [6.45, 7) is 17.3. The SMILES string of the molecule is CC(C)CCC[C@@H](C)[C@H]1CCC2=C3CCC4C(C)(C)[C@@H](O)CC[C@]4(C)[C@H]3CC[C@@]21C. The summed E-state index contributed by atoms with van der Waals surface area (Å²) in [6, 6.07) is 0. The summed E-state index contributed by atoms with van der Waals surface area (Å²) in [5, 5.41) is 10.8. The fraction of sp³-hybridized carbons (Fsp3) is 0.931. The van der Waals surface area contributed by atoms with E-state index in [1.165, 1.54) is 64.2 Å². The minimum atomic E-state index is -0.110. The highest BCUT2D eigenvalue weighted by Crippen LogP contribution is 2.68. The van der Waals surface area contributed by atoms with Crippen LogP contribution in [0, 0.1) is 45.8 Å². The van der Waals surface area contributed by atoms with Crippen molar-refractivity contribution in [1.29, 1.82) is 0 Å². The van der Waals surface area contributed by atoms with Gasteiger partial charge in [-0.25, -0.2) is 0 Å². The van der Waals surface area contributed by atoms with Crippen LogP contribution in [-0.4, -0.2) is 11.2 Å². The van der Waals surface area contributed by atoms with Gasteiger partial charge in [0.25, 0.3) is 0 Å². The molecule has 172 valence electrons. The molecule has 1 nitrogen and oxygen atoms in total. The van der Waals surface area contributed by atoms with Gasteiger partial charge in [0.1, 0.15) is 0 Å². The number of hydrogen-bond acceptors (Lipinski definition) is 1. The fourth-order valence-electron chi connectivity index (χ4n) is 9.33. The second-order valence-electron chi connectivity index (χ2n) is 13.4. The maximum Gasteiger partial charge on any atom is 0.0594 e. The van der Waals surface area contributed by atoms with Crippen LogP contribution in [0.5, 0.6) is 0 Å². The van der Waals surface area contributed by atoms with E-state index < -0.39 is 0 Å². The first kappa shape index (κ1) is 22.9. The monoisotopic (exact) mass is 414 g/mol. The van der Waals surface area contributed by atoms with Crippen LogP contribution in [0.25, 0.3) is 0 Å². The summed E-state index contributed by atoms with van der Waals surface area (Å²) in [7, 11) is 0. The van der Waals surface area contributed by atoms with Crippen LogP contribution in [0.2, 0.25) is 0 Å². The van der Waals surface area contributed by atoms with Gasteiger partial charge in [0.2, 0.25) is 0 Å². The first-order chi connectivity index (χ1) is 14.0. The van der Waals surface area contributed by atoms with Crippen molar-refractivity contribution >= 4 is 0 Å². The maximum absolute atomic E-state index is 10.8. The molecule has 4 aliphatic carbocycles. The van der Waals surface area contributed by atoms with Crippen molar-refractivity contribution in [3.05, 3.63) is 11.1 Å². The fourth-order valence-corrected chi connectivity index (χ4v) is 9.33. The summed E-state index contributed by atoms with van der Waals surface area (Å²) < 4.78 is 0. The number of fused-ring (bicyclic) bond motifs is 4. The molecule has 0 bridgehead atoms. The standard InChI is InChI=1S/C29H50O/c1-19(2)9-8-10-20(3)22-12-13-23-21-11-14-25-27(4,5)26(30)16-18-29(25,7)24(21)15-17-28(22,23)6/h19-20,22,24-26,30H,8-18H2,1-7H3/t20-,22-,24+,25?,26+,28-,29-/m1/s1. The molecule has 0 radical (unpaired) electrons. The van der Waals surface area contributed by atoms with Gasteiger partial charge in [-0.15, -0.1) is 0 Å². The number of allylic oxidation sites excluding steroid dienone is 2. The summed E-state index contributed by atoms with van der Waals surface area (Å²) >= 11 is 0. The molecule has 0 aromatic heterocycles. The Bertz CT molecular complexity index is 672. The van der Waals surface area contributed by atoms with Gasteiger partial charge in [0, 0.05) is 0 Å². The van der Waals surface area contributed by atoms with Crippen LogP contribution in [0.1, 0.15) is 119 Å². The Morgan fingerprint density at radius 2 is 1.63 bits per heavy atom. The maximum atomic E-state index is 10.8. The van der Waals surface area contributed by atoms with Gasteiger partial charge in [-0.05, 0) is 97.2 Å². The highest BCUT2D eigenvalue weighted by Gasteiger charge is 2.59. The molecule has 30 heavy (non-hydrogen) atoms. The summed E-state index contributed by atoms with van der Waals surface area (Å²) in [6.07, 6.45) is 14.6. The van der Waals surface area contributed by atoms with Crippen LogP contribution in [-0.2, 0) is 0 Å². The Hall–Kier alpha value is -0.300. The van der Waals surface area contributed by atoms with Crippen LogP contribution in [0.15, 0.2) is 11.1 Å². The van der Waals surface area contributed by atoms with Crippen molar-refractivity contribution in [2.45, 2.75) is 125 Å². The van der Waals surface area contributed by atoms with Gasteiger partial charge in [-0.3, -0.25) is 0 Å². The minimum absolute atomic E-state index is 0.0765. The van der Waals surface area contributed by atoms with Gasteiger partial charge < -0.3 is 5.11 Å². The quantitative estimate of drug-likeness (QED) is 0.450. The zero-order valence-corrected chi connectivity index (χ0v) is 21.2. The zero-order valence-electron chi connectivity index (χ0n) is 21.2. The molecule has 0 aliphatic heterocycles. The molecule has 0 aromatic carbocycles. The molecule has 0 aromatic rings. The molecule has 1 unspecified atom stereocenters. The molecule has 0 amide bonds. The molecule has 4 aliphatic rings. The summed E-state index contributed by atoms with van der Waals surface area (Å²) in [4.78, 5) is 0. The van der Waals surface area contributed by atoms with E-state index >= 15 is 0 Å². The van der Waals surface area contributed by atoms with Crippen molar-refractivity contribution in [2.75, 3.05) is 0 Å². The van der Waals surface area contributed by atoms with Gasteiger partial charge in [-0.1, -0.05) is 78.9 Å². The Kier molecular flexibility index (Phi) is 6.05. The number of rotatable bonds is 5. The number of aliphatic hydroxyl groups is 1. The van der Waals surface area contributed by atoms with E-state index in [-0.39, 0.29) is 11.5 Å². The second kappa shape index (κ2) is 7.93. The molecule has 4 rings (SSSR count). The van der Waals surface area contributed by atoms with Crippen molar-refractivity contribution in [2.24, 2.45) is 45.8 Å². The van der Waals surface area contributed by atoms with E-state index in [2.05, 4.69) is 48.5 Å². The lowest BCUT2D eigenvalue weighted by Gasteiger charge is -2.61. The predicted molar refractivity (Wildman–Crippen MR) is 128 cm³/mol. The van der Waals surface area contributed by atoms with E-state index in [4.69, 9.17) is 0 Å². The Labute approximate surface area is 187 Å². The molecule has 0 saturated heterocycles. The molecular weight excluding hydrogens is 364 g/mol. The first-order valence-corrected chi connectivity index (χ1v) is 13.4. The average molecular weight is 415 g/mol. The Morgan fingerprint density at radius 1 is 0.900 bits per heavy atom. The van der Waals surface area contributed by atoms with Crippen molar-refractivity contribution in [3.63, 3.8) is 0 Å². The van der Waals surface area contributed by atoms with Crippen LogP contribution in [0.3, 0.4) is 0 Å². The molecule has 7 atom stereocenters. The number of hydrogen-bond donors (Lipinski definition) is 1. The van der Waals surface area contributed by atoms with Crippen LogP contribution < -0.4 is 0 Å². The molecule has 0 spiro atoms. The lowest BCUT2D eigenvalue weighted by molar-refractivity contribution is -0.128. The van der Waals surface area contributed by atoms with E-state index in [1.807, 2.05) is 11.1 Å². The average Bonchev–Trinajstić information content (AvgIpc) is 3.02. The third kappa shape index (κ3) is 3.45. The van der Waals surface area contributed by atoms with E-state index in [9.17, 15) is 5.11 Å². The molecule has 1 heteroatoms.